The van der Waals surface area contributed by atoms with Crippen LogP contribution in [0.1, 0.15) is 17.2 Å². The number of aryl methyl sites for hydroxylation is 1. The van der Waals surface area contributed by atoms with Crippen LogP contribution < -0.4 is 16.6 Å². The molecular formula is C23H19Cl2N3O5. The molecule has 0 aliphatic rings. The van der Waals surface area contributed by atoms with Crippen LogP contribution in [0.25, 0.3) is 6.08 Å². The summed E-state index contributed by atoms with van der Waals surface area (Å²) in [6.07, 6.45) is 2.25. The Labute approximate surface area is 198 Å². The Bertz CT molecular complexity index is 1330. The molecule has 8 nitrogen and oxygen atoms in total. The van der Waals surface area contributed by atoms with Crippen molar-refractivity contribution in [3.8, 4) is 0 Å². The minimum absolute atomic E-state index is 0.103. The fourth-order valence-electron chi connectivity index (χ4n) is 3.00. The molecule has 0 radical (unpaired) electrons. The van der Waals surface area contributed by atoms with Crippen molar-refractivity contribution in [3.63, 3.8) is 0 Å². The molecule has 1 atom stereocenters. The average molecular weight is 488 g/mol. The highest BCUT2D eigenvalue weighted by atomic mass is 35.5. The number of hydrogen-bond acceptors (Lipinski definition) is 5. The number of amides is 1. The Morgan fingerprint density at radius 2 is 1.67 bits per heavy atom. The van der Waals surface area contributed by atoms with Crippen LogP contribution in [0.15, 0.2) is 70.4 Å². The Balaban J connectivity index is 1.84. The van der Waals surface area contributed by atoms with Crippen LogP contribution in [0.3, 0.4) is 0 Å². The predicted octanol–water partition coefficient (Wildman–Crippen LogP) is 3.33. The van der Waals surface area contributed by atoms with Crippen LogP contribution in [0.4, 0.5) is 5.69 Å². The zero-order chi connectivity index (χ0) is 24.1. The van der Waals surface area contributed by atoms with Gasteiger partial charge in [0.1, 0.15) is 0 Å². The first kappa shape index (κ1) is 24.0. The Morgan fingerprint density at radius 3 is 2.30 bits per heavy atom. The molecule has 10 heteroatoms. The third-order valence-corrected chi connectivity index (χ3v) is 5.01. The van der Waals surface area contributed by atoms with Gasteiger partial charge in [-0.3, -0.25) is 14.2 Å². The van der Waals surface area contributed by atoms with Crippen molar-refractivity contribution < 1.29 is 14.3 Å². The van der Waals surface area contributed by atoms with Gasteiger partial charge in [0.15, 0.2) is 0 Å². The first-order valence-corrected chi connectivity index (χ1v) is 10.4. The van der Waals surface area contributed by atoms with E-state index >= 15 is 0 Å². The van der Waals surface area contributed by atoms with Gasteiger partial charge in [0.05, 0.1) is 5.56 Å². The summed E-state index contributed by atoms with van der Waals surface area (Å²) in [5.41, 5.74) is -0.202. The van der Waals surface area contributed by atoms with Crippen molar-refractivity contribution >= 4 is 46.8 Å². The van der Waals surface area contributed by atoms with E-state index in [4.69, 9.17) is 27.9 Å². The molecular weight excluding hydrogens is 469 g/mol. The molecule has 3 rings (SSSR count). The molecule has 0 bridgehead atoms. The number of halogens is 2. The SMILES string of the molecule is Cn1cc(/C=C/C(=O)OC(C(=O)Nc2cc(Cl)cc(Cl)c2)c2ccccc2)c(=O)n(C)c1=O. The van der Waals surface area contributed by atoms with Crippen molar-refractivity contribution in [2.24, 2.45) is 14.1 Å². The van der Waals surface area contributed by atoms with E-state index in [9.17, 15) is 19.2 Å². The lowest BCUT2D eigenvalue weighted by atomic mass is 10.1. The highest BCUT2D eigenvalue weighted by Gasteiger charge is 2.24. The van der Waals surface area contributed by atoms with Crippen LogP contribution in [-0.4, -0.2) is 21.0 Å². The minimum atomic E-state index is -1.29. The van der Waals surface area contributed by atoms with Crippen LogP contribution in [0, 0.1) is 0 Å². The summed E-state index contributed by atoms with van der Waals surface area (Å²) in [6.45, 7) is 0. The van der Waals surface area contributed by atoms with E-state index in [-0.39, 0.29) is 5.56 Å². The molecule has 0 aliphatic heterocycles. The second-order valence-electron chi connectivity index (χ2n) is 7.05. The molecule has 3 aromatic rings. The molecule has 1 heterocycles. The highest BCUT2D eigenvalue weighted by Crippen LogP contribution is 2.25. The van der Waals surface area contributed by atoms with Crippen molar-refractivity contribution in [2.75, 3.05) is 5.32 Å². The quantitative estimate of drug-likeness (QED) is 0.424. The Hall–Kier alpha value is -3.62. The fraction of sp³-hybridized carbons (Fsp3) is 0.130. The summed E-state index contributed by atoms with van der Waals surface area (Å²) in [5, 5.41) is 3.28. The van der Waals surface area contributed by atoms with Gasteiger partial charge in [-0.1, -0.05) is 53.5 Å². The number of nitrogens with one attached hydrogen (secondary N) is 1. The van der Waals surface area contributed by atoms with E-state index in [1.807, 2.05) is 0 Å². The molecule has 1 unspecified atom stereocenters. The third kappa shape index (κ3) is 6.00. The van der Waals surface area contributed by atoms with E-state index in [1.165, 1.54) is 49.1 Å². The van der Waals surface area contributed by atoms with Crippen LogP contribution in [0.2, 0.25) is 10.0 Å². The van der Waals surface area contributed by atoms with Gasteiger partial charge < -0.3 is 14.6 Å². The van der Waals surface area contributed by atoms with Gasteiger partial charge in [-0.2, -0.15) is 0 Å². The summed E-state index contributed by atoms with van der Waals surface area (Å²) < 4.78 is 7.52. The van der Waals surface area contributed by atoms with Gasteiger partial charge in [-0.25, -0.2) is 9.59 Å². The maximum atomic E-state index is 12.9. The van der Waals surface area contributed by atoms with E-state index in [2.05, 4.69) is 5.32 Å². The normalized spacial score (nSPS) is 11.9. The van der Waals surface area contributed by atoms with Crippen molar-refractivity contribution in [1.29, 1.82) is 0 Å². The van der Waals surface area contributed by atoms with E-state index in [0.29, 0.717) is 21.3 Å². The molecule has 1 aromatic heterocycles. The van der Waals surface area contributed by atoms with E-state index < -0.39 is 29.2 Å². The number of benzene rings is 2. The summed E-state index contributed by atoms with van der Waals surface area (Å²) in [5.74, 6) is -1.49. The molecule has 0 aliphatic carbocycles. The smallest absolute Gasteiger partial charge is 0.331 e. The van der Waals surface area contributed by atoms with Gasteiger partial charge in [0.2, 0.25) is 6.10 Å². The lowest BCUT2D eigenvalue weighted by Gasteiger charge is -2.17. The maximum Gasteiger partial charge on any atom is 0.331 e. The van der Waals surface area contributed by atoms with Crippen LogP contribution in [0.5, 0.6) is 0 Å². The lowest BCUT2D eigenvalue weighted by Crippen LogP contribution is -2.37. The molecule has 1 N–H and O–H groups in total. The standard InChI is InChI=1S/C23H19Cl2N3O5/c1-27-13-15(22(31)28(2)23(27)32)8-9-19(29)33-20(14-6-4-3-5-7-14)21(30)26-18-11-16(24)10-17(25)12-18/h3-13,20H,1-2H3,(H,26,30)/b9-8+. The molecule has 0 saturated carbocycles. The number of carbonyl (C=O) groups excluding carboxylic acids is 2. The predicted molar refractivity (Wildman–Crippen MR) is 126 cm³/mol. The van der Waals surface area contributed by atoms with Crippen molar-refractivity contribution in [3.05, 3.63) is 103 Å². The number of aromatic nitrogens is 2. The third-order valence-electron chi connectivity index (χ3n) is 4.58. The average Bonchev–Trinajstić information content (AvgIpc) is 2.77. The first-order valence-electron chi connectivity index (χ1n) is 9.63. The molecule has 2 aromatic carbocycles. The molecule has 170 valence electrons. The van der Waals surface area contributed by atoms with Gasteiger partial charge in [-0.15, -0.1) is 0 Å². The number of hydrogen-bond donors (Lipinski definition) is 1. The number of anilines is 1. The zero-order valence-electron chi connectivity index (χ0n) is 17.6. The van der Waals surface area contributed by atoms with Gasteiger partial charge >= 0.3 is 11.7 Å². The van der Waals surface area contributed by atoms with Crippen molar-refractivity contribution in [2.45, 2.75) is 6.10 Å². The second-order valence-corrected chi connectivity index (χ2v) is 7.92. The largest absolute Gasteiger partial charge is 0.444 e. The summed E-state index contributed by atoms with van der Waals surface area (Å²) in [7, 11) is 2.81. The van der Waals surface area contributed by atoms with Gasteiger partial charge in [0, 0.05) is 47.7 Å². The van der Waals surface area contributed by atoms with Crippen LogP contribution >= 0.6 is 23.2 Å². The number of carbonyl (C=O) groups is 2. The number of ether oxygens (including phenoxy) is 1. The monoisotopic (exact) mass is 487 g/mol. The summed E-state index contributed by atoms with van der Waals surface area (Å²) in [6, 6.07) is 12.9. The Morgan fingerprint density at radius 1 is 1.03 bits per heavy atom. The maximum absolute atomic E-state index is 12.9. The zero-order valence-corrected chi connectivity index (χ0v) is 19.1. The van der Waals surface area contributed by atoms with Crippen molar-refractivity contribution in [1.82, 2.24) is 9.13 Å². The number of nitrogens with zero attached hydrogens (tertiary/aromatic N) is 2. The second kappa shape index (κ2) is 10.3. The molecule has 1 amide bonds. The van der Waals surface area contributed by atoms with Crippen LogP contribution in [-0.2, 0) is 28.4 Å². The summed E-state index contributed by atoms with van der Waals surface area (Å²) in [4.78, 5) is 49.5. The fourth-order valence-corrected chi connectivity index (χ4v) is 3.52. The topological polar surface area (TPSA) is 99.4 Å². The summed E-state index contributed by atoms with van der Waals surface area (Å²) >= 11 is 12.0. The van der Waals surface area contributed by atoms with Gasteiger partial charge in [-0.05, 0) is 24.3 Å². The first-order chi connectivity index (χ1) is 15.7. The molecule has 0 saturated heterocycles. The lowest BCUT2D eigenvalue weighted by molar-refractivity contribution is -0.149. The van der Waals surface area contributed by atoms with Gasteiger partial charge in [0.25, 0.3) is 11.5 Å². The number of esters is 1. The molecule has 0 fully saturated rings. The number of rotatable bonds is 6. The Kier molecular flexibility index (Phi) is 7.52. The van der Waals surface area contributed by atoms with E-state index in [0.717, 1.165) is 10.6 Å². The molecule has 0 spiro atoms. The highest BCUT2D eigenvalue weighted by molar-refractivity contribution is 6.35. The van der Waals surface area contributed by atoms with E-state index in [1.54, 1.807) is 30.3 Å². The molecule has 33 heavy (non-hydrogen) atoms. The minimum Gasteiger partial charge on any atom is -0.444 e.